The molecule has 0 radical (unpaired) electrons. The van der Waals surface area contributed by atoms with Gasteiger partial charge in [-0.3, -0.25) is 14.5 Å². The first kappa shape index (κ1) is 17.9. The number of rotatable bonds is 10. The first-order valence-corrected chi connectivity index (χ1v) is 6.85. The Morgan fingerprint density at radius 1 is 1.11 bits per heavy atom. The molecule has 0 atom stereocenters. The van der Waals surface area contributed by atoms with E-state index in [9.17, 15) is 9.59 Å². The van der Waals surface area contributed by atoms with Gasteiger partial charge in [-0.05, 0) is 40.0 Å². The van der Waals surface area contributed by atoms with E-state index in [-0.39, 0.29) is 18.4 Å². The number of nitrogens with zero attached hydrogens (tertiary/aromatic N) is 2. The minimum atomic E-state index is -0.101. The summed E-state index contributed by atoms with van der Waals surface area (Å²) in [6.07, 6.45) is 1.90. The summed E-state index contributed by atoms with van der Waals surface area (Å²) in [4.78, 5) is 26.8. The number of carbonyl (C=O) groups is 2. The Kier molecular flexibility index (Phi) is 10.1. The van der Waals surface area contributed by atoms with Gasteiger partial charge in [-0.15, -0.1) is 0 Å². The summed E-state index contributed by atoms with van der Waals surface area (Å²) in [6, 6.07) is 0. The Labute approximate surface area is 116 Å². The van der Waals surface area contributed by atoms with E-state index in [0.29, 0.717) is 13.1 Å². The lowest BCUT2D eigenvalue weighted by atomic mass is 10.3. The Bertz CT molecular complexity index is 271. The van der Waals surface area contributed by atoms with Crippen molar-refractivity contribution >= 4 is 11.8 Å². The fourth-order valence-corrected chi connectivity index (χ4v) is 1.58. The van der Waals surface area contributed by atoms with Crippen molar-refractivity contribution in [2.75, 3.05) is 53.9 Å². The van der Waals surface area contributed by atoms with Crippen LogP contribution in [0.5, 0.6) is 0 Å². The second kappa shape index (κ2) is 10.8. The number of carbonyl (C=O) groups excluding carboxylic acids is 2. The highest BCUT2D eigenvalue weighted by Gasteiger charge is 2.14. The largest absolute Gasteiger partial charge is 0.355 e. The third-order valence-electron chi connectivity index (χ3n) is 2.75. The molecule has 0 heterocycles. The Hall–Kier alpha value is -1.14. The van der Waals surface area contributed by atoms with Crippen molar-refractivity contribution in [2.45, 2.75) is 19.8 Å². The molecule has 0 saturated carbocycles. The SMILES string of the molecule is CCCNC(=O)CN(C)C(=O)CN(C)CCCNC. The van der Waals surface area contributed by atoms with Gasteiger partial charge in [-0.1, -0.05) is 6.92 Å². The van der Waals surface area contributed by atoms with Crippen LogP contribution in [0.2, 0.25) is 0 Å². The maximum absolute atomic E-state index is 11.9. The van der Waals surface area contributed by atoms with Crippen LogP contribution in [0.15, 0.2) is 0 Å². The summed E-state index contributed by atoms with van der Waals surface area (Å²) < 4.78 is 0. The van der Waals surface area contributed by atoms with Gasteiger partial charge in [-0.2, -0.15) is 0 Å². The van der Waals surface area contributed by atoms with Crippen LogP contribution in [0.1, 0.15) is 19.8 Å². The molecule has 0 rings (SSSR count). The van der Waals surface area contributed by atoms with Crippen molar-refractivity contribution in [2.24, 2.45) is 0 Å². The fourth-order valence-electron chi connectivity index (χ4n) is 1.58. The Balaban J connectivity index is 3.88. The molecule has 0 aromatic carbocycles. The maximum Gasteiger partial charge on any atom is 0.239 e. The third-order valence-corrected chi connectivity index (χ3v) is 2.75. The standard InChI is InChI=1S/C13H28N4O2/c1-5-7-15-12(18)10-17(4)13(19)11-16(3)9-6-8-14-2/h14H,5-11H2,1-4H3,(H,15,18). The zero-order valence-corrected chi connectivity index (χ0v) is 12.7. The molecule has 6 heteroatoms. The normalized spacial score (nSPS) is 10.6. The monoisotopic (exact) mass is 272 g/mol. The van der Waals surface area contributed by atoms with E-state index in [1.54, 1.807) is 7.05 Å². The highest BCUT2D eigenvalue weighted by atomic mass is 16.2. The van der Waals surface area contributed by atoms with Crippen LogP contribution in [0.25, 0.3) is 0 Å². The van der Waals surface area contributed by atoms with Gasteiger partial charge in [-0.25, -0.2) is 0 Å². The van der Waals surface area contributed by atoms with Gasteiger partial charge >= 0.3 is 0 Å². The Morgan fingerprint density at radius 3 is 2.37 bits per heavy atom. The van der Waals surface area contributed by atoms with E-state index in [2.05, 4.69) is 10.6 Å². The molecule has 6 nitrogen and oxygen atoms in total. The fraction of sp³-hybridized carbons (Fsp3) is 0.846. The molecule has 19 heavy (non-hydrogen) atoms. The molecule has 2 N–H and O–H groups in total. The van der Waals surface area contributed by atoms with Crippen molar-refractivity contribution in [3.05, 3.63) is 0 Å². The topological polar surface area (TPSA) is 64.7 Å². The average Bonchev–Trinajstić information content (AvgIpc) is 2.36. The second-order valence-corrected chi connectivity index (χ2v) is 4.79. The highest BCUT2D eigenvalue weighted by molar-refractivity contribution is 5.85. The summed E-state index contributed by atoms with van der Waals surface area (Å²) >= 11 is 0. The van der Waals surface area contributed by atoms with Gasteiger partial charge in [0.15, 0.2) is 0 Å². The lowest BCUT2D eigenvalue weighted by Gasteiger charge is -2.21. The van der Waals surface area contributed by atoms with Gasteiger partial charge in [0.25, 0.3) is 0 Å². The van der Waals surface area contributed by atoms with E-state index in [1.165, 1.54) is 4.90 Å². The van der Waals surface area contributed by atoms with Crippen molar-refractivity contribution in [3.63, 3.8) is 0 Å². The van der Waals surface area contributed by atoms with E-state index in [1.807, 2.05) is 25.9 Å². The predicted octanol–water partition coefficient (Wildman–Crippen LogP) is -0.488. The summed E-state index contributed by atoms with van der Waals surface area (Å²) in [5.41, 5.74) is 0. The quantitative estimate of drug-likeness (QED) is 0.527. The number of likely N-dealkylation sites (N-methyl/N-ethyl adjacent to an activating group) is 2. The van der Waals surface area contributed by atoms with E-state index < -0.39 is 0 Å². The van der Waals surface area contributed by atoms with Gasteiger partial charge in [0.1, 0.15) is 0 Å². The van der Waals surface area contributed by atoms with Crippen molar-refractivity contribution in [1.82, 2.24) is 20.4 Å². The molecule has 0 saturated heterocycles. The molecule has 0 aliphatic rings. The van der Waals surface area contributed by atoms with E-state index >= 15 is 0 Å². The molecule has 112 valence electrons. The predicted molar refractivity (Wildman–Crippen MR) is 77.0 cm³/mol. The molecular weight excluding hydrogens is 244 g/mol. The maximum atomic E-state index is 11.9. The molecule has 2 amide bonds. The molecule has 0 aliphatic heterocycles. The number of amides is 2. The van der Waals surface area contributed by atoms with E-state index in [4.69, 9.17) is 0 Å². The first-order chi connectivity index (χ1) is 9.01. The Morgan fingerprint density at radius 2 is 1.79 bits per heavy atom. The van der Waals surface area contributed by atoms with Gasteiger partial charge in [0.2, 0.25) is 11.8 Å². The van der Waals surface area contributed by atoms with Crippen LogP contribution < -0.4 is 10.6 Å². The van der Waals surface area contributed by atoms with Gasteiger partial charge in [0.05, 0.1) is 13.1 Å². The molecule has 0 bridgehead atoms. The van der Waals surface area contributed by atoms with Crippen LogP contribution >= 0.6 is 0 Å². The summed E-state index contributed by atoms with van der Waals surface area (Å²) in [5, 5.41) is 5.83. The van der Waals surface area contributed by atoms with Crippen molar-refractivity contribution in [3.8, 4) is 0 Å². The van der Waals surface area contributed by atoms with Crippen molar-refractivity contribution < 1.29 is 9.59 Å². The van der Waals surface area contributed by atoms with Gasteiger partial charge < -0.3 is 15.5 Å². The molecule has 0 spiro atoms. The smallest absolute Gasteiger partial charge is 0.239 e. The van der Waals surface area contributed by atoms with Crippen LogP contribution in [-0.4, -0.2) is 75.5 Å². The lowest BCUT2D eigenvalue weighted by molar-refractivity contribution is -0.135. The zero-order chi connectivity index (χ0) is 14.7. The molecule has 0 aromatic heterocycles. The second-order valence-electron chi connectivity index (χ2n) is 4.79. The third kappa shape index (κ3) is 9.44. The highest BCUT2D eigenvalue weighted by Crippen LogP contribution is 1.91. The molecule has 0 aromatic rings. The summed E-state index contributed by atoms with van der Waals surface area (Å²) in [6.45, 7) is 4.93. The number of hydrogen-bond acceptors (Lipinski definition) is 4. The zero-order valence-electron chi connectivity index (χ0n) is 12.7. The minimum Gasteiger partial charge on any atom is -0.355 e. The van der Waals surface area contributed by atoms with Crippen molar-refractivity contribution in [1.29, 1.82) is 0 Å². The van der Waals surface area contributed by atoms with Gasteiger partial charge in [0, 0.05) is 13.6 Å². The molecular formula is C13H28N4O2. The van der Waals surface area contributed by atoms with Crippen LogP contribution in [0.3, 0.4) is 0 Å². The minimum absolute atomic E-state index is 0.0291. The molecule has 0 unspecified atom stereocenters. The van der Waals surface area contributed by atoms with Crippen LogP contribution in [0, 0.1) is 0 Å². The van der Waals surface area contributed by atoms with E-state index in [0.717, 1.165) is 25.9 Å². The van der Waals surface area contributed by atoms with Crippen LogP contribution in [0.4, 0.5) is 0 Å². The number of hydrogen-bond donors (Lipinski definition) is 2. The first-order valence-electron chi connectivity index (χ1n) is 6.85. The number of nitrogens with one attached hydrogen (secondary N) is 2. The lowest BCUT2D eigenvalue weighted by Crippen LogP contribution is -2.42. The van der Waals surface area contributed by atoms with Crippen LogP contribution in [-0.2, 0) is 9.59 Å². The summed E-state index contributed by atoms with van der Waals surface area (Å²) in [5.74, 6) is -0.130. The average molecular weight is 272 g/mol. The molecule has 0 aliphatic carbocycles. The summed E-state index contributed by atoms with van der Waals surface area (Å²) in [7, 11) is 5.49. The molecule has 0 fully saturated rings.